The van der Waals surface area contributed by atoms with Crippen LogP contribution < -0.4 is 9.64 Å². The number of carbonyl (C=O) groups is 2. The van der Waals surface area contributed by atoms with Crippen molar-refractivity contribution in [1.29, 1.82) is 0 Å². The molecule has 0 unspecified atom stereocenters. The quantitative estimate of drug-likeness (QED) is 0.809. The van der Waals surface area contributed by atoms with E-state index in [1.54, 1.807) is 18.2 Å². The zero-order chi connectivity index (χ0) is 14.8. The standard InChI is InChI=1S/C17H15NO3/c1-12-5-4-6-13(11-12)21-10-9-18-15-8-3-2-7-14(15)16(19)17(18)20/h2-8,11H,9-10H2,1H3. The summed E-state index contributed by atoms with van der Waals surface area (Å²) in [6, 6.07) is 14.8. The maximum Gasteiger partial charge on any atom is 0.299 e. The summed E-state index contributed by atoms with van der Waals surface area (Å²) < 4.78 is 5.64. The molecule has 0 N–H and O–H groups in total. The molecule has 3 rings (SSSR count). The lowest BCUT2D eigenvalue weighted by atomic mass is 10.1. The van der Waals surface area contributed by atoms with Crippen LogP contribution in [0.5, 0.6) is 5.75 Å². The topological polar surface area (TPSA) is 46.6 Å². The Kier molecular flexibility index (Phi) is 3.44. The number of hydrogen-bond acceptors (Lipinski definition) is 3. The van der Waals surface area contributed by atoms with Crippen LogP contribution in [0.3, 0.4) is 0 Å². The Morgan fingerprint density at radius 3 is 2.67 bits per heavy atom. The summed E-state index contributed by atoms with van der Waals surface area (Å²) in [6.07, 6.45) is 0. The average Bonchev–Trinajstić information content (AvgIpc) is 2.73. The number of carbonyl (C=O) groups excluding carboxylic acids is 2. The van der Waals surface area contributed by atoms with Gasteiger partial charge in [0.15, 0.2) is 0 Å². The molecule has 1 aliphatic rings. The first-order valence-corrected chi connectivity index (χ1v) is 6.81. The molecule has 0 spiro atoms. The lowest BCUT2D eigenvalue weighted by Crippen LogP contribution is -2.33. The zero-order valence-corrected chi connectivity index (χ0v) is 11.7. The largest absolute Gasteiger partial charge is 0.492 e. The number of anilines is 1. The van der Waals surface area contributed by atoms with Crippen LogP contribution in [-0.2, 0) is 4.79 Å². The molecule has 0 bridgehead atoms. The SMILES string of the molecule is Cc1cccc(OCCN2C(=O)C(=O)c3ccccc32)c1. The summed E-state index contributed by atoms with van der Waals surface area (Å²) in [6.45, 7) is 2.69. The van der Waals surface area contributed by atoms with Gasteiger partial charge in [0.2, 0.25) is 0 Å². The lowest BCUT2D eigenvalue weighted by molar-refractivity contribution is -0.114. The Labute approximate surface area is 123 Å². The maximum absolute atomic E-state index is 12.0. The summed E-state index contributed by atoms with van der Waals surface area (Å²) >= 11 is 0. The summed E-state index contributed by atoms with van der Waals surface area (Å²) in [7, 11) is 0. The second-order valence-corrected chi connectivity index (χ2v) is 4.97. The van der Waals surface area contributed by atoms with Crippen LogP contribution in [0.4, 0.5) is 5.69 Å². The Bertz CT molecular complexity index is 709. The van der Waals surface area contributed by atoms with E-state index in [4.69, 9.17) is 4.74 Å². The van der Waals surface area contributed by atoms with Gasteiger partial charge in [0.05, 0.1) is 17.8 Å². The normalized spacial score (nSPS) is 13.5. The molecule has 106 valence electrons. The van der Waals surface area contributed by atoms with Crippen LogP contribution in [-0.4, -0.2) is 24.8 Å². The Morgan fingerprint density at radius 2 is 1.86 bits per heavy atom. The smallest absolute Gasteiger partial charge is 0.299 e. The highest BCUT2D eigenvalue weighted by molar-refractivity contribution is 6.52. The van der Waals surface area contributed by atoms with Crippen LogP contribution >= 0.6 is 0 Å². The number of hydrogen-bond donors (Lipinski definition) is 0. The van der Waals surface area contributed by atoms with Gasteiger partial charge in [-0.3, -0.25) is 9.59 Å². The van der Waals surface area contributed by atoms with E-state index in [2.05, 4.69) is 0 Å². The molecule has 0 fully saturated rings. The Hall–Kier alpha value is -2.62. The third-order valence-corrected chi connectivity index (χ3v) is 3.45. The molecule has 1 heterocycles. The zero-order valence-electron chi connectivity index (χ0n) is 11.7. The van der Waals surface area contributed by atoms with Gasteiger partial charge in [-0.25, -0.2) is 0 Å². The van der Waals surface area contributed by atoms with Crippen molar-refractivity contribution in [3.8, 4) is 5.75 Å². The van der Waals surface area contributed by atoms with Gasteiger partial charge in [-0.2, -0.15) is 0 Å². The van der Waals surface area contributed by atoms with Crippen molar-refractivity contribution in [3.05, 3.63) is 59.7 Å². The summed E-state index contributed by atoms with van der Waals surface area (Å²) in [5.74, 6) is -0.161. The van der Waals surface area contributed by atoms with E-state index in [0.717, 1.165) is 11.3 Å². The number of para-hydroxylation sites is 1. The number of ether oxygens (including phenoxy) is 1. The van der Waals surface area contributed by atoms with Crippen LogP contribution in [0.1, 0.15) is 15.9 Å². The number of ketones is 1. The minimum atomic E-state index is -0.482. The fourth-order valence-corrected chi connectivity index (χ4v) is 2.43. The Morgan fingerprint density at radius 1 is 1.05 bits per heavy atom. The van der Waals surface area contributed by atoms with Crippen molar-refractivity contribution >= 4 is 17.4 Å². The van der Waals surface area contributed by atoms with Gasteiger partial charge in [-0.1, -0.05) is 24.3 Å². The molecular formula is C17H15NO3. The number of Topliss-reactive ketones (excluding diaryl/α,β-unsaturated/α-hetero) is 1. The van der Waals surface area contributed by atoms with Crippen molar-refractivity contribution in [2.45, 2.75) is 6.92 Å². The summed E-state index contributed by atoms with van der Waals surface area (Å²) in [5, 5.41) is 0. The van der Waals surface area contributed by atoms with Gasteiger partial charge >= 0.3 is 0 Å². The van der Waals surface area contributed by atoms with Crippen molar-refractivity contribution in [3.63, 3.8) is 0 Å². The number of amides is 1. The molecular weight excluding hydrogens is 266 g/mol. The van der Waals surface area contributed by atoms with Crippen molar-refractivity contribution in [2.75, 3.05) is 18.1 Å². The van der Waals surface area contributed by atoms with Gasteiger partial charge in [0, 0.05) is 0 Å². The van der Waals surface area contributed by atoms with Crippen LogP contribution in [0, 0.1) is 6.92 Å². The Balaban J connectivity index is 1.69. The van der Waals surface area contributed by atoms with Gasteiger partial charge in [0.1, 0.15) is 12.4 Å². The first kappa shape index (κ1) is 13.4. The molecule has 4 heteroatoms. The first-order valence-electron chi connectivity index (χ1n) is 6.81. The van der Waals surface area contributed by atoms with E-state index in [0.29, 0.717) is 24.4 Å². The van der Waals surface area contributed by atoms with Gasteiger partial charge < -0.3 is 9.64 Å². The predicted octanol–water partition coefficient (Wildman–Crippen LogP) is 2.60. The van der Waals surface area contributed by atoms with Crippen molar-refractivity contribution in [1.82, 2.24) is 0 Å². The number of nitrogens with zero attached hydrogens (tertiary/aromatic N) is 1. The highest BCUT2D eigenvalue weighted by Gasteiger charge is 2.34. The second kappa shape index (κ2) is 5.40. The third kappa shape index (κ3) is 2.52. The third-order valence-electron chi connectivity index (χ3n) is 3.45. The van der Waals surface area contributed by atoms with Crippen molar-refractivity contribution < 1.29 is 14.3 Å². The minimum absolute atomic E-state index is 0.344. The highest BCUT2D eigenvalue weighted by Crippen LogP contribution is 2.28. The van der Waals surface area contributed by atoms with Gasteiger partial charge in [-0.15, -0.1) is 0 Å². The monoisotopic (exact) mass is 281 g/mol. The molecule has 0 saturated carbocycles. The summed E-state index contributed by atoms with van der Waals surface area (Å²) in [4.78, 5) is 25.3. The van der Waals surface area contributed by atoms with Crippen LogP contribution in [0.25, 0.3) is 0 Å². The van der Waals surface area contributed by atoms with E-state index in [1.165, 1.54) is 4.90 Å². The fraction of sp³-hybridized carbons (Fsp3) is 0.176. The molecule has 2 aromatic rings. The van der Waals surface area contributed by atoms with Crippen molar-refractivity contribution in [2.24, 2.45) is 0 Å². The van der Waals surface area contributed by atoms with E-state index in [-0.39, 0.29) is 0 Å². The molecule has 0 atom stereocenters. The summed E-state index contributed by atoms with van der Waals surface area (Å²) in [5.41, 5.74) is 2.25. The van der Waals surface area contributed by atoms with Gasteiger partial charge in [0.25, 0.3) is 11.7 Å². The maximum atomic E-state index is 12.0. The van der Waals surface area contributed by atoms with Crippen LogP contribution in [0.2, 0.25) is 0 Å². The van der Waals surface area contributed by atoms with E-state index in [9.17, 15) is 9.59 Å². The highest BCUT2D eigenvalue weighted by atomic mass is 16.5. The lowest BCUT2D eigenvalue weighted by Gasteiger charge is -2.16. The van der Waals surface area contributed by atoms with E-state index >= 15 is 0 Å². The number of fused-ring (bicyclic) bond motifs is 1. The molecule has 21 heavy (non-hydrogen) atoms. The average molecular weight is 281 g/mol. The molecule has 0 aliphatic carbocycles. The van der Waals surface area contributed by atoms with E-state index in [1.807, 2.05) is 37.3 Å². The molecule has 4 nitrogen and oxygen atoms in total. The number of rotatable bonds is 4. The fourth-order valence-electron chi connectivity index (χ4n) is 2.43. The molecule has 0 aromatic heterocycles. The molecule has 1 aliphatic heterocycles. The minimum Gasteiger partial charge on any atom is -0.492 e. The number of aryl methyl sites for hydroxylation is 1. The first-order chi connectivity index (χ1) is 10.2. The molecule has 2 aromatic carbocycles. The van der Waals surface area contributed by atoms with Gasteiger partial charge in [-0.05, 0) is 36.8 Å². The molecule has 0 radical (unpaired) electrons. The number of benzene rings is 2. The molecule has 0 saturated heterocycles. The second-order valence-electron chi connectivity index (χ2n) is 4.97. The van der Waals surface area contributed by atoms with E-state index < -0.39 is 11.7 Å². The van der Waals surface area contributed by atoms with Crippen LogP contribution in [0.15, 0.2) is 48.5 Å². The molecule has 1 amide bonds. The predicted molar refractivity (Wildman–Crippen MR) is 79.8 cm³/mol.